The van der Waals surface area contributed by atoms with Crippen molar-refractivity contribution >= 4 is 5.76 Å². The van der Waals surface area contributed by atoms with Gasteiger partial charge in [0.2, 0.25) is 0 Å². The molecule has 0 spiro atoms. The predicted octanol–water partition coefficient (Wildman–Crippen LogP) is 1.06. The van der Waals surface area contributed by atoms with E-state index in [4.69, 9.17) is 4.74 Å². The van der Waals surface area contributed by atoms with Crippen LogP contribution in [0.5, 0.6) is 0 Å². The number of nitrogens with zero attached hydrogens (tertiary/aromatic N) is 3. The van der Waals surface area contributed by atoms with Crippen molar-refractivity contribution in [1.29, 1.82) is 0 Å². The lowest BCUT2D eigenvalue weighted by Gasteiger charge is -2.18. The molecule has 0 N–H and O–H groups in total. The van der Waals surface area contributed by atoms with Gasteiger partial charge < -0.3 is 9.30 Å². The van der Waals surface area contributed by atoms with Crippen molar-refractivity contribution in [3.05, 3.63) is 17.7 Å². The summed E-state index contributed by atoms with van der Waals surface area (Å²) in [5, 5.41) is 7.82. The number of allylic oxidation sites excluding steroid dienone is 1. The number of hydrogen-bond acceptors (Lipinski definition) is 3. The second-order valence-corrected chi connectivity index (χ2v) is 3.03. The van der Waals surface area contributed by atoms with Crippen molar-refractivity contribution in [2.24, 2.45) is 0 Å². The van der Waals surface area contributed by atoms with Crippen molar-refractivity contribution in [3.8, 4) is 0 Å². The van der Waals surface area contributed by atoms with Gasteiger partial charge in [0.25, 0.3) is 0 Å². The maximum absolute atomic E-state index is 5.48. The van der Waals surface area contributed by atoms with Crippen molar-refractivity contribution in [2.45, 2.75) is 20.4 Å². The van der Waals surface area contributed by atoms with E-state index >= 15 is 0 Å². The van der Waals surface area contributed by atoms with E-state index in [1.165, 1.54) is 0 Å². The summed E-state index contributed by atoms with van der Waals surface area (Å²) < 4.78 is 7.49. The summed E-state index contributed by atoms with van der Waals surface area (Å²) in [6, 6.07) is 0. The Morgan fingerprint density at radius 3 is 3.17 bits per heavy atom. The molecule has 0 aromatic carbocycles. The third-order valence-electron chi connectivity index (χ3n) is 1.85. The van der Waals surface area contributed by atoms with E-state index in [2.05, 4.69) is 10.2 Å². The van der Waals surface area contributed by atoms with Crippen molar-refractivity contribution in [1.82, 2.24) is 14.8 Å². The topological polar surface area (TPSA) is 39.9 Å². The summed E-state index contributed by atoms with van der Waals surface area (Å²) in [5.41, 5.74) is 1.14. The van der Waals surface area contributed by atoms with Crippen LogP contribution in [-0.4, -0.2) is 21.4 Å². The zero-order chi connectivity index (χ0) is 8.55. The van der Waals surface area contributed by atoms with Gasteiger partial charge in [-0.3, -0.25) is 0 Å². The number of hydrogen-bond donors (Lipinski definition) is 0. The number of rotatable bonds is 0. The van der Waals surface area contributed by atoms with Gasteiger partial charge in [0.15, 0.2) is 11.6 Å². The Hall–Kier alpha value is -1.32. The summed E-state index contributed by atoms with van der Waals surface area (Å²) in [5.74, 6) is 1.72. The average molecular weight is 165 g/mol. The van der Waals surface area contributed by atoms with Crippen LogP contribution in [0, 0.1) is 0 Å². The number of fused-ring (bicyclic) bond motifs is 1. The molecule has 0 saturated carbocycles. The first kappa shape index (κ1) is 7.34. The molecule has 0 fully saturated rings. The van der Waals surface area contributed by atoms with E-state index < -0.39 is 0 Å². The predicted molar refractivity (Wildman–Crippen MR) is 44.2 cm³/mol. The van der Waals surface area contributed by atoms with Crippen LogP contribution in [0.3, 0.4) is 0 Å². The minimum absolute atomic E-state index is 0.714. The lowest BCUT2D eigenvalue weighted by molar-refractivity contribution is 0.233. The van der Waals surface area contributed by atoms with E-state index in [1.54, 1.807) is 6.33 Å². The Morgan fingerprint density at radius 1 is 1.58 bits per heavy atom. The van der Waals surface area contributed by atoms with E-state index in [1.807, 2.05) is 18.4 Å². The first-order valence-corrected chi connectivity index (χ1v) is 3.97. The molecule has 4 heteroatoms. The molecule has 1 aromatic heterocycles. The zero-order valence-electron chi connectivity index (χ0n) is 7.24. The number of ether oxygens (including phenoxy) is 1. The standard InChI is InChI=1S/C8H11N3O/c1-6(2)7-8-10-9-5-11(8)3-4-12-7/h5H,3-4H2,1-2H3. The minimum Gasteiger partial charge on any atom is -0.488 e. The van der Waals surface area contributed by atoms with Crippen LogP contribution in [0.2, 0.25) is 0 Å². The van der Waals surface area contributed by atoms with Gasteiger partial charge in [0, 0.05) is 0 Å². The highest BCUT2D eigenvalue weighted by molar-refractivity contribution is 5.56. The second kappa shape index (κ2) is 2.62. The van der Waals surface area contributed by atoms with Gasteiger partial charge in [-0.25, -0.2) is 0 Å². The molecular weight excluding hydrogens is 154 g/mol. The second-order valence-electron chi connectivity index (χ2n) is 3.03. The summed E-state index contributed by atoms with van der Waals surface area (Å²) in [4.78, 5) is 0. The molecule has 1 aliphatic rings. The van der Waals surface area contributed by atoms with Crippen LogP contribution in [0.15, 0.2) is 11.9 Å². The third kappa shape index (κ3) is 0.995. The summed E-state index contributed by atoms with van der Waals surface area (Å²) >= 11 is 0. The molecule has 2 heterocycles. The lowest BCUT2D eigenvalue weighted by Crippen LogP contribution is -2.16. The SMILES string of the molecule is CC(C)=C1OCCn2cnnc21. The molecule has 0 radical (unpaired) electrons. The molecule has 0 amide bonds. The van der Waals surface area contributed by atoms with E-state index in [-0.39, 0.29) is 0 Å². The minimum atomic E-state index is 0.714. The monoisotopic (exact) mass is 165 g/mol. The maximum Gasteiger partial charge on any atom is 0.198 e. The first-order chi connectivity index (χ1) is 5.79. The third-order valence-corrected chi connectivity index (χ3v) is 1.85. The highest BCUT2D eigenvalue weighted by Gasteiger charge is 2.17. The fourth-order valence-electron chi connectivity index (χ4n) is 1.27. The van der Waals surface area contributed by atoms with E-state index in [0.717, 1.165) is 23.7 Å². The van der Waals surface area contributed by atoms with Crippen molar-refractivity contribution < 1.29 is 4.74 Å². The highest BCUT2D eigenvalue weighted by atomic mass is 16.5. The molecule has 0 saturated heterocycles. The van der Waals surface area contributed by atoms with Crippen LogP contribution in [0.25, 0.3) is 5.76 Å². The molecule has 64 valence electrons. The maximum atomic E-state index is 5.48. The fourth-order valence-corrected chi connectivity index (χ4v) is 1.27. The first-order valence-electron chi connectivity index (χ1n) is 3.97. The summed E-state index contributed by atoms with van der Waals surface area (Å²) in [7, 11) is 0. The van der Waals surface area contributed by atoms with Gasteiger partial charge >= 0.3 is 0 Å². The number of aromatic nitrogens is 3. The molecule has 0 aliphatic carbocycles. The molecule has 4 nitrogen and oxygen atoms in total. The quantitative estimate of drug-likeness (QED) is 0.577. The molecule has 0 atom stereocenters. The van der Waals surface area contributed by atoms with Gasteiger partial charge in [0.05, 0.1) is 6.54 Å². The van der Waals surface area contributed by atoms with E-state index in [0.29, 0.717) is 6.61 Å². The van der Waals surface area contributed by atoms with Gasteiger partial charge in [-0.1, -0.05) is 0 Å². The van der Waals surface area contributed by atoms with Gasteiger partial charge in [-0.2, -0.15) is 0 Å². The van der Waals surface area contributed by atoms with Crippen LogP contribution < -0.4 is 0 Å². The van der Waals surface area contributed by atoms with Gasteiger partial charge in [-0.05, 0) is 19.4 Å². The van der Waals surface area contributed by atoms with Crippen LogP contribution >= 0.6 is 0 Å². The van der Waals surface area contributed by atoms with Crippen molar-refractivity contribution in [3.63, 3.8) is 0 Å². The molecular formula is C8H11N3O. The Kier molecular flexibility index (Phi) is 1.60. The lowest BCUT2D eigenvalue weighted by atomic mass is 10.2. The smallest absolute Gasteiger partial charge is 0.198 e. The molecule has 0 unspecified atom stereocenters. The molecule has 0 bridgehead atoms. The highest BCUT2D eigenvalue weighted by Crippen LogP contribution is 2.21. The van der Waals surface area contributed by atoms with E-state index in [9.17, 15) is 0 Å². The zero-order valence-corrected chi connectivity index (χ0v) is 7.24. The van der Waals surface area contributed by atoms with Gasteiger partial charge in [0.1, 0.15) is 12.9 Å². The van der Waals surface area contributed by atoms with Gasteiger partial charge in [-0.15, -0.1) is 10.2 Å². The summed E-state index contributed by atoms with van der Waals surface area (Å²) in [6.07, 6.45) is 1.74. The Labute approximate surface area is 70.9 Å². The van der Waals surface area contributed by atoms with Crippen LogP contribution in [0.4, 0.5) is 0 Å². The molecule has 2 rings (SSSR count). The van der Waals surface area contributed by atoms with Crippen molar-refractivity contribution in [2.75, 3.05) is 6.61 Å². The Balaban J connectivity index is 2.52. The Morgan fingerprint density at radius 2 is 2.42 bits per heavy atom. The fraction of sp³-hybridized carbons (Fsp3) is 0.500. The van der Waals surface area contributed by atoms with Crippen LogP contribution in [-0.2, 0) is 11.3 Å². The molecule has 12 heavy (non-hydrogen) atoms. The largest absolute Gasteiger partial charge is 0.488 e. The molecule has 1 aromatic rings. The Bertz CT molecular complexity index is 323. The normalized spacial score (nSPS) is 15.3. The molecule has 1 aliphatic heterocycles. The average Bonchev–Trinajstić information content (AvgIpc) is 2.49. The van der Waals surface area contributed by atoms with Crippen LogP contribution in [0.1, 0.15) is 19.7 Å². The summed E-state index contributed by atoms with van der Waals surface area (Å²) in [6.45, 7) is 5.59.